The Bertz CT molecular complexity index is 559. The van der Waals surface area contributed by atoms with Crippen LogP contribution in [0, 0.1) is 0 Å². The van der Waals surface area contributed by atoms with Crippen molar-refractivity contribution in [1.29, 1.82) is 0 Å². The number of carbonyl (C=O) groups is 1. The van der Waals surface area contributed by atoms with Crippen molar-refractivity contribution in [2.45, 2.75) is 135 Å². The fraction of sp³-hybridized carbons (Fsp3) is 0.966. The second kappa shape index (κ2) is 24.6. The van der Waals surface area contributed by atoms with Gasteiger partial charge in [0.05, 0.1) is 19.4 Å². The first-order chi connectivity index (χ1) is 18.1. The van der Waals surface area contributed by atoms with Gasteiger partial charge in [0.25, 0.3) is 6.47 Å². The lowest BCUT2D eigenvalue weighted by molar-refractivity contribution is -0.138. The molecule has 0 aliphatic carbocycles. The van der Waals surface area contributed by atoms with E-state index in [1.165, 1.54) is 96.3 Å². The first-order valence-electron chi connectivity index (χ1n) is 15.4. The van der Waals surface area contributed by atoms with Crippen molar-refractivity contribution >= 4 is 14.1 Å². The van der Waals surface area contributed by atoms with Crippen LogP contribution in [0.3, 0.4) is 0 Å². The Kier molecular flexibility index (Phi) is 23.0. The summed E-state index contributed by atoms with van der Waals surface area (Å²) >= 11 is 0. The number of likely N-dealkylation sites (tertiary alicyclic amines) is 1. The van der Waals surface area contributed by atoms with Crippen LogP contribution in [-0.2, 0) is 23.4 Å². The maximum absolute atomic E-state index is 12.3. The maximum Gasteiger partial charge on any atom is 0.329 e. The predicted molar refractivity (Wildman–Crippen MR) is 152 cm³/mol. The SMILES string of the molecule is CCCCCCCCCCCCCCCCCCCOCC(COP(=O)(O)CCN1CCCC1)OC=O. The summed E-state index contributed by atoms with van der Waals surface area (Å²) in [6.07, 6.45) is 24.5. The van der Waals surface area contributed by atoms with E-state index in [1.54, 1.807) is 0 Å². The van der Waals surface area contributed by atoms with Crippen molar-refractivity contribution < 1.29 is 28.3 Å². The molecule has 1 rings (SSSR count). The monoisotopic (exact) mass is 547 g/mol. The predicted octanol–water partition coefficient (Wildman–Crippen LogP) is 7.49. The van der Waals surface area contributed by atoms with Crippen LogP contribution in [0.4, 0.5) is 0 Å². The molecule has 1 aliphatic heterocycles. The molecule has 0 aromatic rings. The van der Waals surface area contributed by atoms with E-state index in [-0.39, 0.29) is 19.4 Å². The van der Waals surface area contributed by atoms with Crippen LogP contribution in [0.2, 0.25) is 0 Å². The van der Waals surface area contributed by atoms with E-state index in [0.29, 0.717) is 19.6 Å². The summed E-state index contributed by atoms with van der Waals surface area (Å²) in [6, 6.07) is 0. The molecule has 2 unspecified atom stereocenters. The molecule has 8 heteroatoms. The zero-order chi connectivity index (χ0) is 26.9. The van der Waals surface area contributed by atoms with Crippen LogP contribution in [-0.4, -0.2) is 68.0 Å². The fourth-order valence-corrected chi connectivity index (χ4v) is 5.95. The summed E-state index contributed by atoms with van der Waals surface area (Å²) in [4.78, 5) is 23.0. The van der Waals surface area contributed by atoms with Gasteiger partial charge in [-0.2, -0.15) is 0 Å². The molecule has 0 amide bonds. The third-order valence-electron chi connectivity index (χ3n) is 7.30. The Hall–Kier alpha value is -0.460. The van der Waals surface area contributed by atoms with Gasteiger partial charge < -0.3 is 23.8 Å². The number of hydrogen-bond acceptors (Lipinski definition) is 6. The highest BCUT2D eigenvalue weighted by Crippen LogP contribution is 2.41. The Morgan fingerprint density at radius 2 is 1.27 bits per heavy atom. The second-order valence-corrected chi connectivity index (χ2v) is 12.8. The molecule has 0 aromatic heterocycles. The van der Waals surface area contributed by atoms with E-state index in [1.807, 2.05) is 0 Å². The fourth-order valence-electron chi connectivity index (χ4n) is 4.89. The van der Waals surface area contributed by atoms with Crippen molar-refractivity contribution in [2.24, 2.45) is 0 Å². The van der Waals surface area contributed by atoms with Gasteiger partial charge in [-0.15, -0.1) is 0 Å². The molecule has 0 saturated carbocycles. The van der Waals surface area contributed by atoms with Crippen LogP contribution in [0.25, 0.3) is 0 Å². The summed E-state index contributed by atoms with van der Waals surface area (Å²) < 4.78 is 28.1. The van der Waals surface area contributed by atoms with E-state index >= 15 is 0 Å². The highest BCUT2D eigenvalue weighted by atomic mass is 31.2. The van der Waals surface area contributed by atoms with Crippen molar-refractivity contribution in [2.75, 3.05) is 45.6 Å². The molecule has 1 saturated heterocycles. The molecule has 0 spiro atoms. The van der Waals surface area contributed by atoms with Gasteiger partial charge in [-0.25, -0.2) is 0 Å². The van der Waals surface area contributed by atoms with Gasteiger partial charge in [0.2, 0.25) is 0 Å². The molecule has 0 bridgehead atoms. The van der Waals surface area contributed by atoms with Gasteiger partial charge in [0.1, 0.15) is 6.10 Å². The molecular formula is C29H58NO6P. The molecule has 1 fully saturated rings. The van der Waals surface area contributed by atoms with Crippen LogP contribution < -0.4 is 0 Å². The Labute approximate surface area is 227 Å². The van der Waals surface area contributed by atoms with E-state index in [2.05, 4.69) is 11.8 Å². The average Bonchev–Trinajstić information content (AvgIpc) is 3.41. The lowest BCUT2D eigenvalue weighted by Crippen LogP contribution is -2.27. The van der Waals surface area contributed by atoms with E-state index in [4.69, 9.17) is 14.0 Å². The first kappa shape index (κ1) is 34.6. The van der Waals surface area contributed by atoms with Gasteiger partial charge in [-0.1, -0.05) is 110 Å². The Morgan fingerprint density at radius 3 is 1.76 bits per heavy atom. The Balaban J connectivity index is 1.88. The molecule has 220 valence electrons. The minimum atomic E-state index is -3.70. The summed E-state index contributed by atoms with van der Waals surface area (Å²) in [7, 11) is -3.70. The number of unbranched alkanes of at least 4 members (excludes halogenated alkanes) is 16. The van der Waals surface area contributed by atoms with Gasteiger partial charge >= 0.3 is 7.60 Å². The second-order valence-electron chi connectivity index (χ2n) is 10.8. The molecule has 1 heterocycles. The third-order valence-corrected chi connectivity index (χ3v) is 8.62. The third kappa shape index (κ3) is 22.1. The topological polar surface area (TPSA) is 85.3 Å². The van der Waals surface area contributed by atoms with E-state index in [9.17, 15) is 14.3 Å². The lowest BCUT2D eigenvalue weighted by atomic mass is 10.0. The molecule has 0 radical (unpaired) electrons. The number of hydrogen-bond donors (Lipinski definition) is 1. The minimum absolute atomic E-state index is 0.0981. The van der Waals surface area contributed by atoms with Crippen LogP contribution in [0.1, 0.15) is 129 Å². The number of nitrogens with zero attached hydrogens (tertiary/aromatic N) is 1. The van der Waals surface area contributed by atoms with Gasteiger partial charge in [-0.3, -0.25) is 9.36 Å². The Morgan fingerprint density at radius 1 is 0.784 bits per heavy atom. The van der Waals surface area contributed by atoms with Crippen LogP contribution in [0.5, 0.6) is 0 Å². The molecule has 1 N–H and O–H groups in total. The molecule has 0 aromatic carbocycles. The molecular weight excluding hydrogens is 489 g/mol. The van der Waals surface area contributed by atoms with Crippen LogP contribution in [0.15, 0.2) is 0 Å². The zero-order valence-corrected chi connectivity index (χ0v) is 24.8. The van der Waals surface area contributed by atoms with E-state index < -0.39 is 13.7 Å². The van der Waals surface area contributed by atoms with Crippen molar-refractivity contribution in [3.05, 3.63) is 0 Å². The minimum Gasteiger partial charge on any atom is -0.460 e. The number of ether oxygens (including phenoxy) is 2. The molecule has 1 aliphatic rings. The summed E-state index contributed by atoms with van der Waals surface area (Å²) in [5.74, 6) is 0. The lowest BCUT2D eigenvalue weighted by Gasteiger charge is -2.20. The average molecular weight is 548 g/mol. The van der Waals surface area contributed by atoms with Gasteiger partial charge in [0, 0.05) is 13.2 Å². The van der Waals surface area contributed by atoms with Gasteiger partial charge in [0.15, 0.2) is 0 Å². The summed E-state index contributed by atoms with van der Waals surface area (Å²) in [5, 5.41) is 0. The maximum atomic E-state index is 12.3. The normalized spacial score (nSPS) is 16.6. The zero-order valence-electron chi connectivity index (χ0n) is 23.9. The first-order valence-corrected chi connectivity index (χ1v) is 17.2. The quantitative estimate of drug-likeness (QED) is 0.0617. The standard InChI is InChI=1S/C29H58NO6P/c1-2-3-4-5-6-7-8-9-10-11-12-13-14-15-16-17-20-24-34-26-29(35-28-31)27-36-37(32,33)25-23-30-21-18-19-22-30/h28-29H,2-27H2,1H3,(H,32,33). The van der Waals surface area contributed by atoms with Gasteiger partial charge in [-0.05, 0) is 32.4 Å². The number of rotatable bonds is 28. The highest BCUT2D eigenvalue weighted by molar-refractivity contribution is 7.52. The molecule has 7 nitrogen and oxygen atoms in total. The smallest absolute Gasteiger partial charge is 0.329 e. The summed E-state index contributed by atoms with van der Waals surface area (Å²) in [5.41, 5.74) is 0. The van der Waals surface area contributed by atoms with Crippen molar-refractivity contribution in [1.82, 2.24) is 4.90 Å². The highest BCUT2D eigenvalue weighted by Gasteiger charge is 2.24. The number of carbonyl (C=O) groups excluding carboxylic acids is 1. The largest absolute Gasteiger partial charge is 0.460 e. The van der Waals surface area contributed by atoms with Crippen LogP contribution >= 0.6 is 7.60 Å². The van der Waals surface area contributed by atoms with Crippen molar-refractivity contribution in [3.8, 4) is 0 Å². The molecule has 2 atom stereocenters. The van der Waals surface area contributed by atoms with E-state index in [0.717, 1.165) is 38.8 Å². The molecule has 37 heavy (non-hydrogen) atoms. The van der Waals surface area contributed by atoms with Crippen molar-refractivity contribution in [3.63, 3.8) is 0 Å². The summed E-state index contributed by atoms with van der Waals surface area (Å²) in [6.45, 7) is 5.80.